The van der Waals surface area contributed by atoms with Crippen molar-refractivity contribution >= 4 is 10.9 Å². The molecule has 0 bridgehead atoms. The van der Waals surface area contributed by atoms with Gasteiger partial charge >= 0.3 is 0 Å². The molecule has 0 saturated heterocycles. The van der Waals surface area contributed by atoms with Crippen molar-refractivity contribution in [1.29, 1.82) is 0 Å². The van der Waals surface area contributed by atoms with E-state index in [9.17, 15) is 0 Å². The Morgan fingerprint density at radius 3 is 2.88 bits per heavy atom. The monoisotopic (exact) mass is 230 g/mol. The number of hydrogen-bond donors (Lipinski definition) is 1. The molecule has 17 heavy (non-hydrogen) atoms. The quantitative estimate of drug-likeness (QED) is 0.769. The highest BCUT2D eigenvalue weighted by atomic mass is 14.7. The molecule has 92 valence electrons. The molecule has 0 aliphatic carbocycles. The predicted octanol–water partition coefficient (Wildman–Crippen LogP) is 4.64. The van der Waals surface area contributed by atoms with Crippen molar-refractivity contribution < 1.29 is 0 Å². The number of H-pyrrole nitrogens is 1. The standard InChI is InChI=1S/C15H22N2/c1-3-5-7-12(6-4-2)14-10-15-13(11-17-14)8-9-16-15/h8-12,16H,3-7H2,1-2H3. The van der Waals surface area contributed by atoms with E-state index in [2.05, 4.69) is 35.9 Å². The molecular weight excluding hydrogens is 208 g/mol. The summed E-state index contributed by atoms with van der Waals surface area (Å²) < 4.78 is 0. The van der Waals surface area contributed by atoms with Crippen molar-refractivity contribution in [3.8, 4) is 0 Å². The van der Waals surface area contributed by atoms with Crippen LogP contribution < -0.4 is 0 Å². The van der Waals surface area contributed by atoms with Gasteiger partial charge in [-0.2, -0.15) is 0 Å². The third-order valence-electron chi connectivity index (χ3n) is 3.42. The highest BCUT2D eigenvalue weighted by Crippen LogP contribution is 2.27. The average Bonchev–Trinajstić information content (AvgIpc) is 2.81. The summed E-state index contributed by atoms with van der Waals surface area (Å²) in [7, 11) is 0. The van der Waals surface area contributed by atoms with Crippen LogP contribution in [0.15, 0.2) is 24.5 Å². The number of pyridine rings is 1. The first kappa shape index (κ1) is 12.2. The summed E-state index contributed by atoms with van der Waals surface area (Å²) in [4.78, 5) is 7.90. The zero-order valence-corrected chi connectivity index (χ0v) is 10.9. The van der Waals surface area contributed by atoms with Gasteiger partial charge in [0.2, 0.25) is 0 Å². The molecule has 1 unspecified atom stereocenters. The molecule has 0 amide bonds. The second-order valence-corrected chi connectivity index (χ2v) is 4.80. The predicted molar refractivity (Wildman–Crippen MR) is 73.3 cm³/mol. The summed E-state index contributed by atoms with van der Waals surface area (Å²) in [5.41, 5.74) is 2.47. The molecule has 0 spiro atoms. The lowest BCUT2D eigenvalue weighted by Gasteiger charge is -2.15. The maximum Gasteiger partial charge on any atom is 0.0487 e. The number of nitrogens with zero attached hydrogens (tertiary/aromatic N) is 1. The van der Waals surface area contributed by atoms with Gasteiger partial charge in [-0.25, -0.2) is 0 Å². The van der Waals surface area contributed by atoms with Crippen molar-refractivity contribution in [2.75, 3.05) is 0 Å². The molecular formula is C15H22N2. The first-order valence-electron chi connectivity index (χ1n) is 6.78. The summed E-state index contributed by atoms with van der Waals surface area (Å²) in [5, 5.41) is 1.21. The largest absolute Gasteiger partial charge is 0.361 e. The fourth-order valence-corrected chi connectivity index (χ4v) is 2.42. The molecule has 0 fully saturated rings. The Hall–Kier alpha value is -1.31. The SMILES string of the molecule is CCCCC(CCC)c1cc2[nH]ccc2cn1. The van der Waals surface area contributed by atoms with Gasteiger partial charge in [-0.3, -0.25) is 4.98 Å². The Kier molecular flexibility index (Phi) is 4.18. The van der Waals surface area contributed by atoms with E-state index in [1.54, 1.807) is 0 Å². The minimum Gasteiger partial charge on any atom is -0.361 e. The van der Waals surface area contributed by atoms with Gasteiger partial charge in [0.15, 0.2) is 0 Å². The Morgan fingerprint density at radius 1 is 1.24 bits per heavy atom. The van der Waals surface area contributed by atoms with Gasteiger partial charge in [0, 0.05) is 34.9 Å². The lowest BCUT2D eigenvalue weighted by Crippen LogP contribution is -2.01. The Labute approximate surface area is 103 Å². The number of aromatic nitrogens is 2. The number of fused-ring (bicyclic) bond motifs is 1. The first-order chi connectivity index (χ1) is 8.35. The molecule has 0 radical (unpaired) electrons. The molecule has 2 heterocycles. The normalized spacial score (nSPS) is 13.1. The van der Waals surface area contributed by atoms with Gasteiger partial charge < -0.3 is 4.98 Å². The Balaban J connectivity index is 2.20. The smallest absolute Gasteiger partial charge is 0.0487 e. The zero-order valence-electron chi connectivity index (χ0n) is 10.9. The fourth-order valence-electron chi connectivity index (χ4n) is 2.42. The fraction of sp³-hybridized carbons (Fsp3) is 0.533. The van der Waals surface area contributed by atoms with E-state index in [0.717, 1.165) is 0 Å². The maximum atomic E-state index is 4.63. The van der Waals surface area contributed by atoms with Gasteiger partial charge in [0.05, 0.1) is 0 Å². The first-order valence-corrected chi connectivity index (χ1v) is 6.78. The molecule has 2 nitrogen and oxygen atoms in total. The van der Waals surface area contributed by atoms with Crippen molar-refractivity contribution in [1.82, 2.24) is 9.97 Å². The summed E-state index contributed by atoms with van der Waals surface area (Å²) in [5.74, 6) is 0.632. The highest BCUT2D eigenvalue weighted by Gasteiger charge is 2.12. The van der Waals surface area contributed by atoms with Crippen LogP contribution in [0.2, 0.25) is 0 Å². The second kappa shape index (κ2) is 5.85. The number of unbranched alkanes of at least 4 members (excludes halogenated alkanes) is 1. The number of nitrogens with one attached hydrogen (secondary N) is 1. The van der Waals surface area contributed by atoms with Crippen LogP contribution in [-0.2, 0) is 0 Å². The molecule has 2 heteroatoms. The van der Waals surface area contributed by atoms with E-state index >= 15 is 0 Å². The molecule has 2 aromatic rings. The summed E-state index contributed by atoms with van der Waals surface area (Å²) >= 11 is 0. The molecule has 1 N–H and O–H groups in total. The third-order valence-corrected chi connectivity index (χ3v) is 3.42. The Morgan fingerprint density at radius 2 is 2.12 bits per heavy atom. The molecule has 2 rings (SSSR count). The van der Waals surface area contributed by atoms with Gasteiger partial charge in [-0.15, -0.1) is 0 Å². The molecule has 0 aromatic carbocycles. The minimum atomic E-state index is 0.632. The van der Waals surface area contributed by atoms with Crippen LogP contribution in [0.4, 0.5) is 0 Å². The van der Waals surface area contributed by atoms with Crippen molar-refractivity contribution in [2.24, 2.45) is 0 Å². The lowest BCUT2D eigenvalue weighted by atomic mass is 9.93. The molecule has 0 aliphatic heterocycles. The Bertz CT molecular complexity index is 459. The van der Waals surface area contributed by atoms with Gasteiger partial charge in [-0.1, -0.05) is 33.1 Å². The molecule has 0 saturated carbocycles. The van der Waals surface area contributed by atoms with Crippen LogP contribution in [0.3, 0.4) is 0 Å². The van der Waals surface area contributed by atoms with E-state index in [1.165, 1.54) is 48.7 Å². The second-order valence-electron chi connectivity index (χ2n) is 4.80. The van der Waals surface area contributed by atoms with Crippen LogP contribution in [0.5, 0.6) is 0 Å². The van der Waals surface area contributed by atoms with E-state index < -0.39 is 0 Å². The van der Waals surface area contributed by atoms with Crippen LogP contribution >= 0.6 is 0 Å². The topological polar surface area (TPSA) is 28.7 Å². The van der Waals surface area contributed by atoms with Gasteiger partial charge in [-0.05, 0) is 25.0 Å². The van der Waals surface area contributed by atoms with Crippen LogP contribution in [-0.4, -0.2) is 9.97 Å². The van der Waals surface area contributed by atoms with Crippen molar-refractivity contribution in [3.63, 3.8) is 0 Å². The van der Waals surface area contributed by atoms with E-state index in [0.29, 0.717) is 5.92 Å². The van der Waals surface area contributed by atoms with E-state index in [-0.39, 0.29) is 0 Å². The summed E-state index contributed by atoms with van der Waals surface area (Å²) in [6.07, 6.45) is 10.3. The zero-order chi connectivity index (χ0) is 12.1. The highest BCUT2D eigenvalue weighted by molar-refractivity contribution is 5.78. The summed E-state index contributed by atoms with van der Waals surface area (Å²) in [6.45, 7) is 4.51. The van der Waals surface area contributed by atoms with Gasteiger partial charge in [0.25, 0.3) is 0 Å². The van der Waals surface area contributed by atoms with Crippen LogP contribution in [0.25, 0.3) is 10.9 Å². The number of aromatic amines is 1. The average molecular weight is 230 g/mol. The lowest BCUT2D eigenvalue weighted by molar-refractivity contribution is 0.531. The number of rotatable bonds is 6. The van der Waals surface area contributed by atoms with Crippen LogP contribution in [0, 0.1) is 0 Å². The van der Waals surface area contributed by atoms with E-state index in [4.69, 9.17) is 0 Å². The van der Waals surface area contributed by atoms with Gasteiger partial charge in [0.1, 0.15) is 0 Å². The minimum absolute atomic E-state index is 0.632. The maximum absolute atomic E-state index is 4.63. The third kappa shape index (κ3) is 2.87. The van der Waals surface area contributed by atoms with Crippen molar-refractivity contribution in [3.05, 3.63) is 30.2 Å². The molecule has 0 aliphatic rings. The number of hydrogen-bond acceptors (Lipinski definition) is 1. The summed E-state index contributed by atoms with van der Waals surface area (Å²) in [6, 6.07) is 4.30. The molecule has 1 atom stereocenters. The van der Waals surface area contributed by atoms with E-state index in [1.807, 2.05) is 12.4 Å². The molecule has 2 aromatic heterocycles. The van der Waals surface area contributed by atoms with Crippen LogP contribution in [0.1, 0.15) is 57.6 Å². The van der Waals surface area contributed by atoms with Crippen molar-refractivity contribution in [2.45, 2.75) is 51.9 Å².